The summed E-state index contributed by atoms with van der Waals surface area (Å²) < 4.78 is 24.3. The first-order valence-electron chi connectivity index (χ1n) is 6.24. The second kappa shape index (κ2) is 5.46. The number of nitrogens with zero attached hydrogens (tertiary/aromatic N) is 1. The van der Waals surface area contributed by atoms with Gasteiger partial charge in [0, 0.05) is 17.5 Å². The van der Waals surface area contributed by atoms with Gasteiger partial charge in [0.05, 0.1) is 21.0 Å². The highest BCUT2D eigenvalue weighted by Gasteiger charge is 2.13. The SMILES string of the molecule is CCS(=O)(=O)CC(C)Nc1ccc2nc(C)sc2c1. The number of sulfone groups is 1. The van der Waals surface area contributed by atoms with Crippen molar-refractivity contribution in [1.29, 1.82) is 0 Å². The molecule has 0 aliphatic rings. The Kier molecular flexibility index (Phi) is 4.10. The maximum atomic E-state index is 11.6. The summed E-state index contributed by atoms with van der Waals surface area (Å²) in [6.45, 7) is 5.54. The van der Waals surface area contributed by atoms with Gasteiger partial charge in [-0.25, -0.2) is 13.4 Å². The molecule has 19 heavy (non-hydrogen) atoms. The number of thiazole rings is 1. The number of aryl methyl sites for hydroxylation is 1. The lowest BCUT2D eigenvalue weighted by atomic mass is 10.2. The van der Waals surface area contributed by atoms with Crippen LogP contribution in [0.2, 0.25) is 0 Å². The van der Waals surface area contributed by atoms with Gasteiger partial charge in [-0.05, 0) is 32.0 Å². The predicted octanol–water partition coefficient (Wildman–Crippen LogP) is 2.84. The lowest BCUT2D eigenvalue weighted by Gasteiger charge is -2.14. The number of hydrogen-bond acceptors (Lipinski definition) is 5. The van der Waals surface area contributed by atoms with Crippen LogP contribution in [0, 0.1) is 6.92 Å². The molecule has 0 aliphatic carbocycles. The first kappa shape index (κ1) is 14.3. The molecule has 1 aromatic carbocycles. The molecule has 1 N–H and O–H groups in total. The first-order valence-corrected chi connectivity index (χ1v) is 8.87. The van der Waals surface area contributed by atoms with E-state index >= 15 is 0 Å². The molecule has 0 aliphatic heterocycles. The zero-order chi connectivity index (χ0) is 14.0. The standard InChI is InChI=1S/C13H18N2O2S2/c1-4-19(16,17)8-9(2)14-11-5-6-12-13(7-11)18-10(3)15-12/h5-7,9,14H,4,8H2,1-3H3. The van der Waals surface area contributed by atoms with Crippen LogP contribution in [0.1, 0.15) is 18.9 Å². The zero-order valence-corrected chi connectivity index (χ0v) is 12.9. The molecule has 0 amide bonds. The van der Waals surface area contributed by atoms with Gasteiger partial charge in [-0.15, -0.1) is 11.3 Å². The van der Waals surface area contributed by atoms with E-state index in [0.717, 1.165) is 20.9 Å². The predicted molar refractivity (Wildman–Crippen MR) is 81.8 cm³/mol. The van der Waals surface area contributed by atoms with Gasteiger partial charge in [-0.2, -0.15) is 0 Å². The molecule has 1 heterocycles. The highest BCUT2D eigenvalue weighted by atomic mass is 32.2. The zero-order valence-electron chi connectivity index (χ0n) is 11.3. The van der Waals surface area contributed by atoms with Crippen LogP contribution in [-0.2, 0) is 9.84 Å². The molecule has 0 spiro atoms. The van der Waals surface area contributed by atoms with Gasteiger partial charge < -0.3 is 5.32 Å². The molecule has 0 fully saturated rings. The van der Waals surface area contributed by atoms with Crippen LogP contribution in [0.5, 0.6) is 0 Å². The minimum absolute atomic E-state index is 0.101. The van der Waals surface area contributed by atoms with E-state index in [-0.39, 0.29) is 17.5 Å². The van der Waals surface area contributed by atoms with Crippen molar-refractivity contribution >= 4 is 37.1 Å². The molecule has 0 saturated carbocycles. The van der Waals surface area contributed by atoms with E-state index in [2.05, 4.69) is 10.3 Å². The smallest absolute Gasteiger partial charge is 0.152 e. The van der Waals surface area contributed by atoms with Crippen LogP contribution >= 0.6 is 11.3 Å². The molecule has 1 aromatic heterocycles. The van der Waals surface area contributed by atoms with E-state index in [9.17, 15) is 8.42 Å². The minimum atomic E-state index is -2.95. The molecular weight excluding hydrogens is 280 g/mol. The van der Waals surface area contributed by atoms with Gasteiger partial charge in [-0.3, -0.25) is 0 Å². The summed E-state index contributed by atoms with van der Waals surface area (Å²) in [6, 6.07) is 5.82. The van der Waals surface area contributed by atoms with Crippen LogP contribution in [0.25, 0.3) is 10.2 Å². The van der Waals surface area contributed by atoms with Crippen LogP contribution < -0.4 is 5.32 Å². The highest BCUT2D eigenvalue weighted by Crippen LogP contribution is 2.25. The maximum absolute atomic E-state index is 11.6. The van der Waals surface area contributed by atoms with Crippen molar-refractivity contribution in [2.24, 2.45) is 0 Å². The molecule has 1 unspecified atom stereocenters. The van der Waals surface area contributed by atoms with Crippen LogP contribution in [0.15, 0.2) is 18.2 Å². The minimum Gasteiger partial charge on any atom is -0.382 e. The van der Waals surface area contributed by atoms with Crippen molar-refractivity contribution in [2.45, 2.75) is 26.8 Å². The van der Waals surface area contributed by atoms with Crippen molar-refractivity contribution in [3.63, 3.8) is 0 Å². The van der Waals surface area contributed by atoms with Crippen molar-refractivity contribution < 1.29 is 8.42 Å². The Balaban J connectivity index is 2.12. The Morgan fingerprint density at radius 3 is 2.84 bits per heavy atom. The van der Waals surface area contributed by atoms with Crippen LogP contribution in [-0.4, -0.2) is 30.9 Å². The van der Waals surface area contributed by atoms with E-state index in [4.69, 9.17) is 0 Å². The first-order chi connectivity index (χ1) is 8.89. The summed E-state index contributed by atoms with van der Waals surface area (Å²) in [5, 5.41) is 4.27. The maximum Gasteiger partial charge on any atom is 0.152 e. The third-order valence-corrected chi connectivity index (χ3v) is 5.67. The van der Waals surface area contributed by atoms with Gasteiger partial charge in [0.25, 0.3) is 0 Å². The van der Waals surface area contributed by atoms with Crippen molar-refractivity contribution in [3.05, 3.63) is 23.2 Å². The van der Waals surface area contributed by atoms with E-state index < -0.39 is 9.84 Å². The third-order valence-electron chi connectivity index (χ3n) is 2.85. The normalized spacial score (nSPS) is 13.6. The lowest BCUT2D eigenvalue weighted by molar-refractivity contribution is 0.593. The monoisotopic (exact) mass is 298 g/mol. The van der Waals surface area contributed by atoms with Gasteiger partial charge in [0.15, 0.2) is 9.84 Å². The quantitative estimate of drug-likeness (QED) is 0.922. The summed E-state index contributed by atoms with van der Waals surface area (Å²) in [6.07, 6.45) is 0. The number of benzene rings is 1. The molecule has 0 radical (unpaired) electrons. The molecule has 0 bridgehead atoms. The molecule has 4 nitrogen and oxygen atoms in total. The average Bonchev–Trinajstić information content (AvgIpc) is 2.67. The molecule has 0 saturated heterocycles. The number of aromatic nitrogens is 1. The third kappa shape index (κ3) is 3.67. The molecule has 2 aromatic rings. The number of hydrogen-bond donors (Lipinski definition) is 1. The fourth-order valence-corrected chi connectivity index (χ4v) is 3.90. The molecular formula is C13H18N2O2S2. The number of rotatable bonds is 5. The number of fused-ring (bicyclic) bond motifs is 1. The second-order valence-corrected chi connectivity index (χ2v) is 8.29. The molecule has 6 heteroatoms. The van der Waals surface area contributed by atoms with Gasteiger partial charge in [0.1, 0.15) is 0 Å². The Morgan fingerprint density at radius 1 is 1.42 bits per heavy atom. The fourth-order valence-electron chi connectivity index (χ4n) is 1.95. The van der Waals surface area contributed by atoms with E-state index in [0.29, 0.717) is 0 Å². The van der Waals surface area contributed by atoms with E-state index in [1.165, 1.54) is 0 Å². The van der Waals surface area contributed by atoms with Crippen LogP contribution in [0.3, 0.4) is 0 Å². The Morgan fingerprint density at radius 2 is 2.16 bits per heavy atom. The Labute approximate surface area is 117 Å². The summed E-state index contributed by atoms with van der Waals surface area (Å²) in [5.41, 5.74) is 1.93. The Hall–Kier alpha value is -1.14. The second-order valence-electron chi connectivity index (χ2n) is 4.66. The van der Waals surface area contributed by atoms with Crippen molar-refractivity contribution in [2.75, 3.05) is 16.8 Å². The van der Waals surface area contributed by atoms with Crippen molar-refractivity contribution in [3.8, 4) is 0 Å². The van der Waals surface area contributed by atoms with Crippen molar-refractivity contribution in [1.82, 2.24) is 4.98 Å². The van der Waals surface area contributed by atoms with E-state index in [1.54, 1.807) is 18.3 Å². The van der Waals surface area contributed by atoms with Gasteiger partial charge in [0.2, 0.25) is 0 Å². The molecule has 104 valence electrons. The number of nitrogens with one attached hydrogen (secondary N) is 1. The van der Waals surface area contributed by atoms with Crippen LogP contribution in [0.4, 0.5) is 5.69 Å². The summed E-state index contributed by atoms with van der Waals surface area (Å²) in [7, 11) is -2.95. The molecule has 1 atom stereocenters. The lowest BCUT2D eigenvalue weighted by Crippen LogP contribution is -2.26. The topological polar surface area (TPSA) is 59.1 Å². The fraction of sp³-hybridized carbons (Fsp3) is 0.462. The summed E-state index contributed by atoms with van der Waals surface area (Å²) in [5.74, 6) is 0.343. The van der Waals surface area contributed by atoms with E-state index in [1.807, 2.05) is 32.0 Å². The number of anilines is 1. The van der Waals surface area contributed by atoms with Gasteiger partial charge in [-0.1, -0.05) is 6.92 Å². The Bertz CT molecular complexity index is 677. The summed E-state index contributed by atoms with van der Waals surface area (Å²) >= 11 is 1.64. The largest absolute Gasteiger partial charge is 0.382 e. The highest BCUT2D eigenvalue weighted by molar-refractivity contribution is 7.91. The molecule has 2 rings (SSSR count). The average molecular weight is 298 g/mol. The summed E-state index contributed by atoms with van der Waals surface area (Å²) in [4.78, 5) is 4.40. The van der Waals surface area contributed by atoms with Gasteiger partial charge >= 0.3 is 0 Å².